The zero-order chi connectivity index (χ0) is 13.5. The molecule has 0 radical (unpaired) electrons. The van der Waals surface area contributed by atoms with E-state index >= 15 is 0 Å². The van der Waals surface area contributed by atoms with Crippen LogP contribution in [-0.4, -0.2) is 0 Å². The molecule has 0 aromatic heterocycles. The Morgan fingerprint density at radius 3 is 2.00 bits per heavy atom. The van der Waals surface area contributed by atoms with E-state index < -0.39 is 0 Å². The molecule has 0 amide bonds. The van der Waals surface area contributed by atoms with Crippen LogP contribution in [0.3, 0.4) is 0 Å². The fourth-order valence-electron chi connectivity index (χ4n) is 1.82. The zero-order valence-corrected chi connectivity index (χ0v) is 14.1. The van der Waals surface area contributed by atoms with E-state index in [4.69, 9.17) is 0 Å². The van der Waals surface area contributed by atoms with Gasteiger partial charge in [-0.25, -0.2) is 12.1 Å². The minimum atomic E-state index is 0. The number of hydrogen-bond acceptors (Lipinski definition) is 0. The fraction of sp³-hybridized carbons (Fsp3) is 0.111. The van der Waals surface area contributed by atoms with Gasteiger partial charge >= 0.3 is 0 Å². The molecule has 0 heterocycles. The Morgan fingerprint density at radius 1 is 1.00 bits per heavy atom. The number of aryl methyl sites for hydroxylation is 1. The molecule has 3 aromatic rings. The maximum atomic E-state index is 3.28. The van der Waals surface area contributed by atoms with E-state index in [2.05, 4.69) is 71.4 Å². The second-order valence-electron chi connectivity index (χ2n) is 4.56. The fourth-order valence-corrected chi connectivity index (χ4v) is 2.13. The third-order valence-corrected chi connectivity index (χ3v) is 3.41. The molecule has 0 aliphatic heterocycles. The smallest absolute Gasteiger partial charge is 0 e. The van der Waals surface area contributed by atoms with Gasteiger partial charge in [-0.3, -0.25) is 0 Å². The van der Waals surface area contributed by atoms with Crippen molar-refractivity contribution in [2.45, 2.75) is 13.3 Å². The molecular formula is C18H17BrFe-6. The molecule has 0 atom stereocenters. The van der Waals surface area contributed by atoms with Crippen LogP contribution in [0.1, 0.15) is 16.7 Å². The normalized spacial score (nSPS) is 9.30. The quantitative estimate of drug-likeness (QED) is 0.415. The van der Waals surface area contributed by atoms with Crippen LogP contribution >= 0.6 is 15.9 Å². The van der Waals surface area contributed by atoms with Crippen LogP contribution in [0.4, 0.5) is 0 Å². The van der Waals surface area contributed by atoms with Gasteiger partial charge in [-0.05, 0) is 13.3 Å². The molecule has 2 heteroatoms. The van der Waals surface area contributed by atoms with Crippen molar-refractivity contribution in [1.29, 1.82) is 0 Å². The third kappa shape index (κ3) is 5.92. The first kappa shape index (κ1) is 17.0. The molecule has 0 unspecified atom stereocenters. The predicted octanol–water partition coefficient (Wildman–Crippen LogP) is 5.47. The van der Waals surface area contributed by atoms with Crippen molar-refractivity contribution in [2.75, 3.05) is 0 Å². The van der Waals surface area contributed by atoms with Gasteiger partial charge in [0.1, 0.15) is 0 Å². The molecule has 0 nitrogen and oxygen atoms in total. The van der Waals surface area contributed by atoms with E-state index in [1.54, 1.807) is 0 Å². The van der Waals surface area contributed by atoms with Crippen LogP contribution in [-0.2, 0) is 23.5 Å². The average molecular weight is 369 g/mol. The maximum absolute atomic E-state index is 3.28. The van der Waals surface area contributed by atoms with Gasteiger partial charge in [-0.15, -0.1) is 0 Å². The standard InChI is InChI=1S/C13H13.C5H4Br.Fe/c1-11-6-8-13(9-7-11)10-12-4-2-3-5-12;6-5-3-1-2-4-5;/h2-9H,10H2,1H3;1-4H;/q-1;-5;. The Bertz CT molecular complexity index is 562. The van der Waals surface area contributed by atoms with Crippen molar-refractivity contribution in [2.24, 2.45) is 0 Å². The molecule has 3 rings (SSSR count). The summed E-state index contributed by atoms with van der Waals surface area (Å²) >= 11 is 3.28. The average Bonchev–Trinajstić information content (AvgIpc) is 3.07. The minimum absolute atomic E-state index is 0. The van der Waals surface area contributed by atoms with E-state index in [0.717, 1.165) is 10.9 Å². The zero-order valence-electron chi connectivity index (χ0n) is 11.4. The second kappa shape index (κ2) is 8.97. The predicted molar refractivity (Wildman–Crippen MR) is 85.8 cm³/mol. The summed E-state index contributed by atoms with van der Waals surface area (Å²) < 4.78 is 1.16. The summed E-state index contributed by atoms with van der Waals surface area (Å²) in [6.07, 6.45) is 1.05. The summed E-state index contributed by atoms with van der Waals surface area (Å²) in [6.45, 7) is 2.12. The monoisotopic (exact) mass is 368 g/mol. The largest absolute Gasteiger partial charge is 0.747 e. The Hall–Kier alpha value is -1.08. The molecule has 0 N–H and O–H groups in total. The first-order valence-corrected chi connectivity index (χ1v) is 7.17. The minimum Gasteiger partial charge on any atom is -0.747 e. The van der Waals surface area contributed by atoms with Crippen molar-refractivity contribution in [3.8, 4) is 0 Å². The topological polar surface area (TPSA) is 0 Å². The van der Waals surface area contributed by atoms with Crippen LogP contribution in [0.15, 0.2) is 77.3 Å². The molecule has 0 aliphatic rings. The summed E-state index contributed by atoms with van der Waals surface area (Å²) in [4.78, 5) is 0. The van der Waals surface area contributed by atoms with Gasteiger partial charge in [-0.2, -0.15) is 17.7 Å². The molecule has 0 saturated carbocycles. The van der Waals surface area contributed by atoms with Crippen molar-refractivity contribution in [3.05, 3.63) is 94.0 Å². The first-order valence-electron chi connectivity index (χ1n) is 6.37. The molecule has 0 spiro atoms. The van der Waals surface area contributed by atoms with E-state index in [0.29, 0.717) is 0 Å². The van der Waals surface area contributed by atoms with E-state index in [-0.39, 0.29) is 17.1 Å². The summed E-state index contributed by atoms with van der Waals surface area (Å²) in [5, 5.41) is 0. The van der Waals surface area contributed by atoms with Gasteiger partial charge in [0.25, 0.3) is 0 Å². The summed E-state index contributed by atoms with van der Waals surface area (Å²) in [5.74, 6) is 0. The van der Waals surface area contributed by atoms with Crippen molar-refractivity contribution in [1.82, 2.24) is 0 Å². The number of halogens is 1. The molecule has 0 bridgehead atoms. The molecular weight excluding hydrogens is 352 g/mol. The molecule has 3 aromatic carbocycles. The van der Waals surface area contributed by atoms with Gasteiger partial charge in [-0.1, -0.05) is 35.4 Å². The molecule has 110 valence electrons. The van der Waals surface area contributed by atoms with Crippen LogP contribution in [0.5, 0.6) is 0 Å². The van der Waals surface area contributed by atoms with E-state index in [9.17, 15) is 0 Å². The SMILES string of the molecule is Br[c-]1[cH-][cH-][cH-][cH-]1.Cc1ccc(C[c-]2cccc2)cc1.[Fe]. The van der Waals surface area contributed by atoms with Crippen LogP contribution in [0, 0.1) is 6.92 Å². The summed E-state index contributed by atoms with van der Waals surface area (Å²) in [7, 11) is 0. The summed E-state index contributed by atoms with van der Waals surface area (Å²) in [6, 6.07) is 25.2. The van der Waals surface area contributed by atoms with E-state index in [1.165, 1.54) is 16.7 Å². The number of hydrogen-bond donors (Lipinski definition) is 0. The second-order valence-corrected chi connectivity index (χ2v) is 5.47. The molecule has 0 saturated heterocycles. The summed E-state index contributed by atoms with van der Waals surface area (Å²) in [5.41, 5.74) is 4.10. The van der Waals surface area contributed by atoms with Gasteiger partial charge in [0, 0.05) is 17.1 Å². The van der Waals surface area contributed by atoms with Crippen molar-refractivity contribution in [3.63, 3.8) is 0 Å². The third-order valence-electron chi connectivity index (χ3n) is 2.88. The number of benzene rings is 1. The first-order chi connectivity index (χ1) is 9.24. The van der Waals surface area contributed by atoms with Gasteiger partial charge in [0.2, 0.25) is 0 Å². The van der Waals surface area contributed by atoms with Crippen molar-refractivity contribution >= 4 is 15.9 Å². The Morgan fingerprint density at radius 2 is 1.55 bits per heavy atom. The van der Waals surface area contributed by atoms with E-state index in [1.807, 2.05) is 24.3 Å². The maximum Gasteiger partial charge on any atom is 0 e. The Labute approximate surface area is 140 Å². The van der Waals surface area contributed by atoms with Crippen LogP contribution < -0.4 is 0 Å². The molecule has 0 aliphatic carbocycles. The molecule has 20 heavy (non-hydrogen) atoms. The molecule has 0 fully saturated rings. The van der Waals surface area contributed by atoms with Crippen molar-refractivity contribution < 1.29 is 17.1 Å². The Balaban J connectivity index is 0.000000243. The van der Waals surface area contributed by atoms with Crippen LogP contribution in [0.2, 0.25) is 0 Å². The van der Waals surface area contributed by atoms with Gasteiger partial charge in [0.05, 0.1) is 0 Å². The Kier molecular flexibility index (Phi) is 7.61. The van der Waals surface area contributed by atoms with Crippen LogP contribution in [0.25, 0.3) is 0 Å². The number of rotatable bonds is 2. The van der Waals surface area contributed by atoms with Gasteiger partial charge < -0.3 is 44.7 Å². The van der Waals surface area contributed by atoms with Gasteiger partial charge in [0.15, 0.2) is 0 Å².